The second-order valence-electron chi connectivity index (χ2n) is 7.19. The molecule has 4 rings (SSSR count). The van der Waals surface area contributed by atoms with Crippen molar-refractivity contribution < 1.29 is 17.9 Å². The van der Waals surface area contributed by atoms with Crippen LogP contribution in [0.1, 0.15) is 28.8 Å². The van der Waals surface area contributed by atoms with E-state index in [2.05, 4.69) is 0 Å². The molecule has 0 spiro atoms. The molecule has 0 bridgehead atoms. The molecular formula is C21H24N2O4S. The molecule has 1 amide bonds. The number of hydrogen-bond donors (Lipinski definition) is 0. The highest BCUT2D eigenvalue weighted by molar-refractivity contribution is 7.89. The van der Waals surface area contributed by atoms with Crippen LogP contribution >= 0.6 is 0 Å². The summed E-state index contributed by atoms with van der Waals surface area (Å²) >= 11 is 0. The highest BCUT2D eigenvalue weighted by atomic mass is 32.2. The topological polar surface area (TPSA) is 66.9 Å². The zero-order valence-electron chi connectivity index (χ0n) is 15.7. The van der Waals surface area contributed by atoms with Crippen molar-refractivity contribution in [3.8, 4) is 0 Å². The maximum absolute atomic E-state index is 13.0. The van der Waals surface area contributed by atoms with Gasteiger partial charge in [0, 0.05) is 31.2 Å². The van der Waals surface area contributed by atoms with E-state index < -0.39 is 10.0 Å². The molecule has 6 nitrogen and oxygen atoms in total. The van der Waals surface area contributed by atoms with Crippen LogP contribution in [0.2, 0.25) is 0 Å². The van der Waals surface area contributed by atoms with Gasteiger partial charge in [-0.2, -0.15) is 4.31 Å². The Morgan fingerprint density at radius 3 is 2.25 bits per heavy atom. The van der Waals surface area contributed by atoms with Gasteiger partial charge in [-0.1, -0.05) is 30.3 Å². The fourth-order valence-electron chi connectivity index (χ4n) is 3.40. The zero-order valence-corrected chi connectivity index (χ0v) is 16.5. The third-order valence-corrected chi connectivity index (χ3v) is 7.07. The first-order valence-corrected chi connectivity index (χ1v) is 11.0. The number of amides is 1. The molecule has 28 heavy (non-hydrogen) atoms. The largest absolute Gasteiger partial charge is 0.379 e. The Bertz CT molecular complexity index is 919. The molecule has 0 unspecified atom stereocenters. The van der Waals surface area contributed by atoms with Crippen molar-refractivity contribution in [3.63, 3.8) is 0 Å². The molecular weight excluding hydrogens is 376 g/mol. The SMILES string of the molecule is O=C(c1ccc(S(=O)(=O)N2CCOCC2)cc1)N(Cc1ccccc1)C1CC1. The van der Waals surface area contributed by atoms with Crippen LogP contribution in [0.15, 0.2) is 59.5 Å². The van der Waals surface area contributed by atoms with Crippen LogP contribution in [-0.2, 0) is 21.3 Å². The number of nitrogens with zero attached hydrogens (tertiary/aromatic N) is 2. The van der Waals surface area contributed by atoms with Gasteiger partial charge in [0.25, 0.3) is 5.91 Å². The van der Waals surface area contributed by atoms with E-state index in [9.17, 15) is 13.2 Å². The summed E-state index contributed by atoms with van der Waals surface area (Å²) < 4.78 is 32.1. The normalized spacial score (nSPS) is 18.0. The minimum atomic E-state index is -3.55. The van der Waals surface area contributed by atoms with Gasteiger partial charge in [0.15, 0.2) is 0 Å². The summed E-state index contributed by atoms with van der Waals surface area (Å²) in [5, 5.41) is 0. The average molecular weight is 401 g/mol. The molecule has 1 saturated heterocycles. The predicted octanol–water partition coefficient (Wildman–Crippen LogP) is 2.51. The summed E-state index contributed by atoms with van der Waals surface area (Å²) in [5.74, 6) is -0.0540. The van der Waals surface area contributed by atoms with Crippen molar-refractivity contribution in [1.82, 2.24) is 9.21 Å². The minimum absolute atomic E-state index is 0.0540. The molecule has 1 heterocycles. The van der Waals surface area contributed by atoms with Gasteiger partial charge in [-0.3, -0.25) is 4.79 Å². The van der Waals surface area contributed by atoms with E-state index in [1.54, 1.807) is 12.1 Å². The van der Waals surface area contributed by atoms with Crippen molar-refractivity contribution in [3.05, 3.63) is 65.7 Å². The molecule has 148 valence electrons. The van der Waals surface area contributed by atoms with Crippen molar-refractivity contribution >= 4 is 15.9 Å². The Labute approximate surface area is 165 Å². The number of ether oxygens (including phenoxy) is 1. The standard InChI is InChI=1S/C21H24N2O4S/c24-21(23(19-8-9-19)16-17-4-2-1-3-5-17)18-6-10-20(11-7-18)28(25,26)22-12-14-27-15-13-22/h1-7,10-11,19H,8-9,12-16H2. The molecule has 1 aliphatic carbocycles. The molecule has 2 aliphatic rings. The summed E-state index contributed by atoms with van der Waals surface area (Å²) in [5.41, 5.74) is 1.61. The summed E-state index contributed by atoms with van der Waals surface area (Å²) in [6.07, 6.45) is 2.03. The highest BCUT2D eigenvalue weighted by Gasteiger charge is 2.33. The van der Waals surface area contributed by atoms with Crippen LogP contribution in [0.3, 0.4) is 0 Å². The van der Waals surface area contributed by atoms with Gasteiger partial charge in [-0.25, -0.2) is 8.42 Å². The van der Waals surface area contributed by atoms with Crippen molar-refractivity contribution in [1.29, 1.82) is 0 Å². The number of hydrogen-bond acceptors (Lipinski definition) is 4. The third-order valence-electron chi connectivity index (χ3n) is 5.15. The molecule has 1 aliphatic heterocycles. The van der Waals surface area contributed by atoms with E-state index in [0.29, 0.717) is 38.4 Å². The fourth-order valence-corrected chi connectivity index (χ4v) is 4.81. The van der Waals surface area contributed by atoms with Crippen LogP contribution < -0.4 is 0 Å². The maximum atomic E-state index is 13.0. The monoisotopic (exact) mass is 400 g/mol. The van der Waals surface area contributed by atoms with E-state index in [1.165, 1.54) is 16.4 Å². The molecule has 7 heteroatoms. The average Bonchev–Trinajstić information content (AvgIpc) is 3.58. The van der Waals surface area contributed by atoms with E-state index in [1.807, 2.05) is 35.2 Å². The maximum Gasteiger partial charge on any atom is 0.254 e. The third kappa shape index (κ3) is 4.11. The quantitative estimate of drug-likeness (QED) is 0.747. The number of sulfonamides is 1. The lowest BCUT2D eigenvalue weighted by molar-refractivity contribution is 0.0729. The molecule has 0 aromatic heterocycles. The van der Waals surface area contributed by atoms with Crippen LogP contribution in [-0.4, -0.2) is 55.9 Å². The van der Waals surface area contributed by atoms with Crippen molar-refractivity contribution in [2.24, 2.45) is 0 Å². The van der Waals surface area contributed by atoms with E-state index in [0.717, 1.165) is 18.4 Å². The van der Waals surface area contributed by atoms with Gasteiger partial charge in [-0.05, 0) is 42.7 Å². The first-order valence-electron chi connectivity index (χ1n) is 9.58. The van der Waals surface area contributed by atoms with Crippen LogP contribution in [0.4, 0.5) is 0 Å². The van der Waals surface area contributed by atoms with Gasteiger partial charge >= 0.3 is 0 Å². The molecule has 0 N–H and O–H groups in total. The predicted molar refractivity (Wildman–Crippen MR) is 105 cm³/mol. The van der Waals surface area contributed by atoms with Crippen LogP contribution in [0.5, 0.6) is 0 Å². The number of carbonyl (C=O) groups excluding carboxylic acids is 1. The zero-order chi connectivity index (χ0) is 19.6. The van der Waals surface area contributed by atoms with Gasteiger partial charge in [0.2, 0.25) is 10.0 Å². The van der Waals surface area contributed by atoms with Crippen molar-refractivity contribution in [2.45, 2.75) is 30.3 Å². The smallest absolute Gasteiger partial charge is 0.254 e. The molecule has 2 aromatic carbocycles. The lowest BCUT2D eigenvalue weighted by atomic mass is 10.1. The van der Waals surface area contributed by atoms with Crippen LogP contribution in [0.25, 0.3) is 0 Å². The Morgan fingerprint density at radius 1 is 1.00 bits per heavy atom. The fraction of sp³-hybridized carbons (Fsp3) is 0.381. The van der Waals surface area contributed by atoms with Gasteiger partial charge in [0.1, 0.15) is 0 Å². The minimum Gasteiger partial charge on any atom is -0.379 e. The molecule has 2 aromatic rings. The lowest BCUT2D eigenvalue weighted by Gasteiger charge is -2.26. The van der Waals surface area contributed by atoms with Crippen LogP contribution in [0, 0.1) is 0 Å². The first kappa shape index (κ1) is 19.1. The highest BCUT2D eigenvalue weighted by Crippen LogP contribution is 2.30. The van der Waals surface area contributed by atoms with Gasteiger partial charge < -0.3 is 9.64 Å². The van der Waals surface area contributed by atoms with Gasteiger partial charge in [0.05, 0.1) is 18.1 Å². The number of carbonyl (C=O) groups is 1. The molecule has 0 atom stereocenters. The Kier molecular flexibility index (Phi) is 5.48. The number of benzene rings is 2. The summed E-state index contributed by atoms with van der Waals surface area (Å²) in [7, 11) is -3.55. The molecule has 1 saturated carbocycles. The van der Waals surface area contributed by atoms with Crippen molar-refractivity contribution in [2.75, 3.05) is 26.3 Å². The second-order valence-corrected chi connectivity index (χ2v) is 9.13. The Hall–Kier alpha value is -2.22. The van der Waals surface area contributed by atoms with E-state index in [-0.39, 0.29) is 16.8 Å². The Balaban J connectivity index is 1.51. The summed E-state index contributed by atoms with van der Waals surface area (Å²) in [6.45, 7) is 2.10. The lowest BCUT2D eigenvalue weighted by Crippen LogP contribution is -2.40. The van der Waals surface area contributed by atoms with E-state index in [4.69, 9.17) is 4.74 Å². The van der Waals surface area contributed by atoms with Gasteiger partial charge in [-0.15, -0.1) is 0 Å². The molecule has 2 fully saturated rings. The Morgan fingerprint density at radius 2 is 1.64 bits per heavy atom. The summed E-state index contributed by atoms with van der Waals surface area (Å²) in [4.78, 5) is 15.1. The first-order chi connectivity index (χ1) is 13.6. The second kappa shape index (κ2) is 8.03. The number of morpholine rings is 1. The summed E-state index contributed by atoms with van der Waals surface area (Å²) in [6, 6.07) is 16.5. The number of rotatable bonds is 6. The molecule has 0 radical (unpaired) electrons. The van der Waals surface area contributed by atoms with E-state index >= 15 is 0 Å².